The van der Waals surface area contributed by atoms with Crippen LogP contribution in [0.25, 0.3) is 0 Å². The van der Waals surface area contributed by atoms with Crippen LogP contribution in [0.4, 0.5) is 0 Å². The highest BCUT2D eigenvalue weighted by Crippen LogP contribution is 2.34. The predicted molar refractivity (Wildman–Crippen MR) is 84.2 cm³/mol. The van der Waals surface area contributed by atoms with Gasteiger partial charge in [-0.15, -0.1) is 0 Å². The number of nitrogens with zero attached hydrogens (tertiary/aromatic N) is 1. The van der Waals surface area contributed by atoms with E-state index in [2.05, 4.69) is 41.5 Å². The lowest BCUT2D eigenvalue weighted by Crippen LogP contribution is -2.55. The Morgan fingerprint density at radius 2 is 1.90 bits per heavy atom. The third-order valence-corrected chi connectivity index (χ3v) is 5.75. The maximum atomic E-state index is 5.79. The zero-order valence-corrected chi connectivity index (χ0v) is 12.9. The van der Waals surface area contributed by atoms with Crippen molar-refractivity contribution in [3.05, 3.63) is 35.4 Å². The van der Waals surface area contributed by atoms with Crippen molar-refractivity contribution in [3.8, 4) is 0 Å². The van der Waals surface area contributed by atoms with Gasteiger partial charge in [-0.2, -0.15) is 0 Å². The Kier molecular flexibility index (Phi) is 3.74. The third kappa shape index (κ3) is 2.63. The monoisotopic (exact) mass is 286 g/mol. The second-order valence-electron chi connectivity index (χ2n) is 7.01. The third-order valence-electron chi connectivity index (χ3n) is 5.75. The topological polar surface area (TPSA) is 24.5 Å². The molecule has 114 valence electrons. The van der Waals surface area contributed by atoms with Crippen LogP contribution in [0.2, 0.25) is 0 Å². The minimum Gasteiger partial charge on any atom is -0.375 e. The lowest BCUT2D eigenvalue weighted by molar-refractivity contribution is 0.0327. The molecule has 1 aromatic carbocycles. The Bertz CT molecular complexity index is 490. The summed E-state index contributed by atoms with van der Waals surface area (Å²) in [5.74, 6) is 0. The summed E-state index contributed by atoms with van der Waals surface area (Å²) in [5.41, 5.74) is 2.81. The minimum atomic E-state index is 0.379. The van der Waals surface area contributed by atoms with Gasteiger partial charge in [0, 0.05) is 18.1 Å². The number of piperidine rings is 2. The van der Waals surface area contributed by atoms with Crippen molar-refractivity contribution < 1.29 is 4.74 Å². The van der Waals surface area contributed by atoms with E-state index < -0.39 is 0 Å². The standard InChI is InChI=1S/C18H26N2O/c1-20-15-6-4-7-16(20)10-14(9-15)19-18-12-21-11-13-5-2-3-8-17(13)18/h2-3,5,8,14-16,18-19H,4,6-7,9-12H2,1H3. The van der Waals surface area contributed by atoms with E-state index in [-0.39, 0.29) is 0 Å². The molecule has 3 nitrogen and oxygen atoms in total. The molecular formula is C18H26N2O. The minimum absolute atomic E-state index is 0.379. The quantitative estimate of drug-likeness (QED) is 0.905. The highest BCUT2D eigenvalue weighted by Gasteiger charge is 2.37. The van der Waals surface area contributed by atoms with E-state index in [9.17, 15) is 0 Å². The molecule has 0 saturated carbocycles. The van der Waals surface area contributed by atoms with E-state index in [0.717, 1.165) is 25.3 Å². The van der Waals surface area contributed by atoms with Crippen molar-refractivity contribution in [2.75, 3.05) is 13.7 Å². The summed E-state index contributed by atoms with van der Waals surface area (Å²) in [6, 6.07) is 11.3. The molecule has 3 aliphatic heterocycles. The first-order valence-electron chi connectivity index (χ1n) is 8.45. The number of hydrogen-bond acceptors (Lipinski definition) is 3. The Hall–Kier alpha value is -0.900. The normalized spacial score (nSPS) is 36.2. The Morgan fingerprint density at radius 1 is 1.14 bits per heavy atom. The molecule has 0 spiro atoms. The van der Waals surface area contributed by atoms with Crippen molar-refractivity contribution >= 4 is 0 Å². The number of rotatable bonds is 2. The Balaban J connectivity index is 1.48. The highest BCUT2D eigenvalue weighted by atomic mass is 16.5. The Morgan fingerprint density at radius 3 is 2.71 bits per heavy atom. The van der Waals surface area contributed by atoms with Crippen LogP contribution in [0.3, 0.4) is 0 Å². The van der Waals surface area contributed by atoms with Gasteiger partial charge in [-0.3, -0.25) is 0 Å². The van der Waals surface area contributed by atoms with Gasteiger partial charge in [-0.05, 0) is 43.9 Å². The van der Waals surface area contributed by atoms with Crippen LogP contribution in [-0.2, 0) is 11.3 Å². The maximum Gasteiger partial charge on any atom is 0.0721 e. The summed E-state index contributed by atoms with van der Waals surface area (Å²) in [7, 11) is 2.32. The number of hydrogen-bond donors (Lipinski definition) is 1. The first kappa shape index (κ1) is 13.7. The van der Waals surface area contributed by atoms with Crippen molar-refractivity contribution in [2.24, 2.45) is 0 Å². The van der Waals surface area contributed by atoms with Gasteiger partial charge >= 0.3 is 0 Å². The molecule has 2 fully saturated rings. The van der Waals surface area contributed by atoms with Gasteiger partial charge in [0.1, 0.15) is 0 Å². The average Bonchev–Trinajstić information content (AvgIpc) is 2.49. The van der Waals surface area contributed by atoms with Crippen LogP contribution < -0.4 is 5.32 Å². The molecule has 3 heterocycles. The van der Waals surface area contributed by atoms with Crippen LogP contribution in [0.1, 0.15) is 49.3 Å². The number of ether oxygens (including phenoxy) is 1. The molecule has 0 radical (unpaired) electrons. The molecule has 0 aliphatic carbocycles. The largest absolute Gasteiger partial charge is 0.375 e. The summed E-state index contributed by atoms with van der Waals surface area (Å²) in [6.45, 7) is 1.59. The van der Waals surface area contributed by atoms with Gasteiger partial charge in [-0.25, -0.2) is 0 Å². The molecule has 4 rings (SSSR count). The molecule has 21 heavy (non-hydrogen) atoms. The highest BCUT2D eigenvalue weighted by molar-refractivity contribution is 5.31. The fourth-order valence-electron chi connectivity index (χ4n) is 4.56. The SMILES string of the molecule is CN1C2CCCC1CC(NC1COCc3ccccc31)C2. The lowest BCUT2D eigenvalue weighted by atomic mass is 9.81. The molecule has 2 saturated heterocycles. The van der Waals surface area contributed by atoms with E-state index in [4.69, 9.17) is 4.74 Å². The van der Waals surface area contributed by atoms with E-state index in [0.29, 0.717) is 12.1 Å². The molecule has 3 atom stereocenters. The van der Waals surface area contributed by atoms with Gasteiger partial charge in [0.05, 0.1) is 19.3 Å². The zero-order chi connectivity index (χ0) is 14.2. The summed E-state index contributed by atoms with van der Waals surface area (Å²) in [4.78, 5) is 2.63. The number of fused-ring (bicyclic) bond motifs is 3. The first-order chi connectivity index (χ1) is 10.3. The Labute approximate surface area is 127 Å². The van der Waals surface area contributed by atoms with Gasteiger partial charge in [0.25, 0.3) is 0 Å². The smallest absolute Gasteiger partial charge is 0.0721 e. The molecule has 2 bridgehead atoms. The van der Waals surface area contributed by atoms with Crippen LogP contribution in [-0.4, -0.2) is 36.7 Å². The fraction of sp³-hybridized carbons (Fsp3) is 0.667. The van der Waals surface area contributed by atoms with Gasteiger partial charge in [0.15, 0.2) is 0 Å². The summed E-state index contributed by atoms with van der Waals surface area (Å²) < 4.78 is 5.79. The average molecular weight is 286 g/mol. The molecule has 3 aliphatic rings. The molecular weight excluding hydrogens is 260 g/mol. The van der Waals surface area contributed by atoms with Crippen molar-refractivity contribution in [2.45, 2.75) is 62.9 Å². The molecule has 3 unspecified atom stereocenters. The summed E-state index contributed by atoms with van der Waals surface area (Å²) in [6.07, 6.45) is 6.77. The van der Waals surface area contributed by atoms with Crippen molar-refractivity contribution in [1.29, 1.82) is 0 Å². The van der Waals surface area contributed by atoms with Crippen LogP contribution in [0.15, 0.2) is 24.3 Å². The summed E-state index contributed by atoms with van der Waals surface area (Å²) in [5, 5.41) is 3.91. The summed E-state index contributed by atoms with van der Waals surface area (Å²) >= 11 is 0. The maximum absolute atomic E-state index is 5.79. The molecule has 3 heteroatoms. The van der Waals surface area contributed by atoms with E-state index in [1.165, 1.54) is 43.2 Å². The number of benzene rings is 1. The van der Waals surface area contributed by atoms with Gasteiger partial charge < -0.3 is 15.0 Å². The van der Waals surface area contributed by atoms with Crippen molar-refractivity contribution in [1.82, 2.24) is 10.2 Å². The second-order valence-corrected chi connectivity index (χ2v) is 7.01. The molecule has 1 N–H and O–H groups in total. The predicted octanol–water partition coefficient (Wildman–Crippen LogP) is 2.86. The zero-order valence-electron chi connectivity index (χ0n) is 12.9. The number of nitrogens with one attached hydrogen (secondary N) is 1. The lowest BCUT2D eigenvalue weighted by Gasteiger charge is -2.48. The van der Waals surface area contributed by atoms with Crippen LogP contribution in [0.5, 0.6) is 0 Å². The van der Waals surface area contributed by atoms with Crippen LogP contribution in [0, 0.1) is 0 Å². The van der Waals surface area contributed by atoms with Crippen molar-refractivity contribution in [3.63, 3.8) is 0 Å². The molecule has 1 aromatic rings. The van der Waals surface area contributed by atoms with E-state index >= 15 is 0 Å². The van der Waals surface area contributed by atoms with Gasteiger partial charge in [-0.1, -0.05) is 30.7 Å². The second kappa shape index (κ2) is 5.71. The first-order valence-corrected chi connectivity index (χ1v) is 8.45. The fourth-order valence-corrected chi connectivity index (χ4v) is 4.56. The molecule has 0 amide bonds. The van der Waals surface area contributed by atoms with Gasteiger partial charge in [0.2, 0.25) is 0 Å². The van der Waals surface area contributed by atoms with E-state index in [1.807, 2.05) is 0 Å². The van der Waals surface area contributed by atoms with E-state index in [1.54, 1.807) is 0 Å². The molecule has 0 aromatic heterocycles. The van der Waals surface area contributed by atoms with Crippen LogP contribution >= 0.6 is 0 Å².